The number of nitrogens with zero attached hydrogens (tertiary/aromatic N) is 4. The highest BCUT2D eigenvalue weighted by Gasteiger charge is 2.21. The number of amides is 1. The number of rotatable bonds is 3. The molecule has 0 fully saturated rings. The molecule has 0 saturated carbocycles. The topological polar surface area (TPSA) is 77.0 Å². The van der Waals surface area contributed by atoms with Crippen LogP contribution in [0.25, 0.3) is 0 Å². The van der Waals surface area contributed by atoms with E-state index in [1.165, 1.54) is 11.9 Å². The van der Waals surface area contributed by atoms with Crippen molar-refractivity contribution in [1.29, 1.82) is 0 Å². The Labute approximate surface area is 117 Å². The number of hydrogen-bond donors (Lipinski definition) is 1. The second kappa shape index (κ2) is 5.32. The van der Waals surface area contributed by atoms with Crippen molar-refractivity contribution in [2.75, 3.05) is 12.3 Å². The molecule has 20 heavy (non-hydrogen) atoms. The zero-order chi connectivity index (χ0) is 13.9. The van der Waals surface area contributed by atoms with Crippen molar-refractivity contribution >= 4 is 11.6 Å². The molecular formula is C14H17N5O. The Hall–Kier alpha value is -2.37. The van der Waals surface area contributed by atoms with E-state index >= 15 is 0 Å². The molecule has 1 amide bonds. The van der Waals surface area contributed by atoms with Crippen molar-refractivity contribution in [1.82, 2.24) is 19.7 Å². The number of nitrogens with two attached hydrogens (primary N) is 1. The summed E-state index contributed by atoms with van der Waals surface area (Å²) in [5.41, 5.74) is 9.11. The van der Waals surface area contributed by atoms with Gasteiger partial charge in [0.05, 0.1) is 6.54 Å². The molecule has 1 aromatic heterocycles. The number of benzene rings is 1. The number of carbonyl (C=O) groups excluding carboxylic acids is 1. The second-order valence-corrected chi connectivity index (χ2v) is 4.96. The Kier molecular flexibility index (Phi) is 3.37. The van der Waals surface area contributed by atoms with Gasteiger partial charge in [-0.3, -0.25) is 9.48 Å². The molecule has 2 N–H and O–H groups in total. The van der Waals surface area contributed by atoms with Gasteiger partial charge in [-0.05, 0) is 23.6 Å². The molecule has 2 aromatic rings. The maximum atomic E-state index is 12.2. The molecule has 3 rings (SSSR count). The average molecular weight is 271 g/mol. The summed E-state index contributed by atoms with van der Waals surface area (Å²) in [6, 6.07) is 5.95. The molecule has 1 aliphatic rings. The van der Waals surface area contributed by atoms with Gasteiger partial charge in [0.1, 0.15) is 12.7 Å². The highest BCUT2D eigenvalue weighted by atomic mass is 16.2. The summed E-state index contributed by atoms with van der Waals surface area (Å²) in [6.07, 6.45) is 4.40. The number of aromatic nitrogens is 3. The second-order valence-electron chi connectivity index (χ2n) is 4.96. The van der Waals surface area contributed by atoms with Crippen LogP contribution in [0.15, 0.2) is 30.9 Å². The molecule has 1 aliphatic heterocycles. The lowest BCUT2D eigenvalue weighted by atomic mass is 9.98. The molecule has 1 aromatic carbocycles. The van der Waals surface area contributed by atoms with Gasteiger partial charge in [-0.15, -0.1) is 0 Å². The van der Waals surface area contributed by atoms with Gasteiger partial charge in [-0.2, -0.15) is 5.10 Å². The summed E-state index contributed by atoms with van der Waals surface area (Å²) in [4.78, 5) is 18.0. The van der Waals surface area contributed by atoms with Crippen LogP contribution >= 0.6 is 0 Å². The molecule has 0 aliphatic carbocycles. The van der Waals surface area contributed by atoms with Crippen molar-refractivity contribution in [3.8, 4) is 0 Å². The van der Waals surface area contributed by atoms with Crippen LogP contribution in [0, 0.1) is 0 Å². The maximum Gasteiger partial charge on any atom is 0.224 e. The van der Waals surface area contributed by atoms with E-state index in [1.54, 1.807) is 11.0 Å². The first-order chi connectivity index (χ1) is 9.74. The Balaban J connectivity index is 1.64. The number of fused-ring (bicyclic) bond motifs is 1. The zero-order valence-electron chi connectivity index (χ0n) is 11.2. The third-order valence-electron chi connectivity index (χ3n) is 3.68. The average Bonchev–Trinajstić information content (AvgIpc) is 2.98. The van der Waals surface area contributed by atoms with E-state index in [9.17, 15) is 4.79 Å². The molecule has 6 nitrogen and oxygen atoms in total. The van der Waals surface area contributed by atoms with Gasteiger partial charge >= 0.3 is 0 Å². The van der Waals surface area contributed by atoms with Gasteiger partial charge in [0.2, 0.25) is 5.91 Å². The quantitative estimate of drug-likeness (QED) is 0.839. The smallest absolute Gasteiger partial charge is 0.224 e. The fourth-order valence-electron chi connectivity index (χ4n) is 2.54. The summed E-state index contributed by atoms with van der Waals surface area (Å²) in [5.74, 6) is 0.134. The van der Waals surface area contributed by atoms with Crippen LogP contribution in [0.5, 0.6) is 0 Å². The minimum atomic E-state index is 0.134. The molecule has 0 unspecified atom stereocenters. The van der Waals surface area contributed by atoms with E-state index in [0.29, 0.717) is 19.5 Å². The van der Waals surface area contributed by atoms with Crippen molar-refractivity contribution < 1.29 is 4.79 Å². The first-order valence-corrected chi connectivity index (χ1v) is 6.70. The SMILES string of the molecule is Nc1cccc2c1CN(C(=O)CCn1cncn1)CC2. The molecule has 104 valence electrons. The van der Waals surface area contributed by atoms with Crippen LogP contribution < -0.4 is 5.73 Å². The highest BCUT2D eigenvalue weighted by Crippen LogP contribution is 2.24. The Morgan fingerprint density at radius 3 is 3.10 bits per heavy atom. The zero-order valence-corrected chi connectivity index (χ0v) is 11.2. The van der Waals surface area contributed by atoms with E-state index in [0.717, 1.165) is 24.2 Å². The van der Waals surface area contributed by atoms with Gasteiger partial charge in [-0.1, -0.05) is 12.1 Å². The number of carbonyl (C=O) groups is 1. The molecule has 0 spiro atoms. The first-order valence-electron chi connectivity index (χ1n) is 6.70. The van der Waals surface area contributed by atoms with Crippen LogP contribution in [0.1, 0.15) is 17.5 Å². The first kappa shape index (κ1) is 12.7. The summed E-state index contributed by atoms with van der Waals surface area (Å²) in [7, 11) is 0. The Bertz CT molecular complexity index is 608. The molecule has 6 heteroatoms. The summed E-state index contributed by atoms with van der Waals surface area (Å²) in [6.45, 7) is 1.93. The lowest BCUT2D eigenvalue weighted by Crippen LogP contribution is -2.36. The number of hydrogen-bond acceptors (Lipinski definition) is 4. The maximum absolute atomic E-state index is 12.2. The largest absolute Gasteiger partial charge is 0.398 e. The third-order valence-corrected chi connectivity index (χ3v) is 3.68. The number of aryl methyl sites for hydroxylation is 1. The lowest BCUT2D eigenvalue weighted by molar-refractivity contribution is -0.132. The fourth-order valence-corrected chi connectivity index (χ4v) is 2.54. The van der Waals surface area contributed by atoms with E-state index < -0.39 is 0 Å². The van der Waals surface area contributed by atoms with Gasteiger partial charge in [-0.25, -0.2) is 4.98 Å². The van der Waals surface area contributed by atoms with Gasteiger partial charge in [0, 0.05) is 25.2 Å². The normalized spacial score (nSPS) is 14.1. The molecule has 0 saturated heterocycles. The van der Waals surface area contributed by atoms with Crippen LogP contribution in [-0.2, 0) is 24.3 Å². The van der Waals surface area contributed by atoms with Gasteiger partial charge < -0.3 is 10.6 Å². The van der Waals surface area contributed by atoms with Crippen molar-refractivity contribution in [2.24, 2.45) is 0 Å². The number of anilines is 1. The van der Waals surface area contributed by atoms with Gasteiger partial charge in [0.15, 0.2) is 0 Å². The predicted octanol–water partition coefficient (Wildman–Crippen LogP) is 0.835. The molecule has 0 atom stereocenters. The summed E-state index contributed by atoms with van der Waals surface area (Å²) < 4.78 is 1.67. The lowest BCUT2D eigenvalue weighted by Gasteiger charge is -2.29. The third kappa shape index (κ3) is 2.49. The molecule has 2 heterocycles. The standard InChI is InChI=1S/C14H17N5O/c15-13-3-1-2-11-4-6-18(8-12(11)13)14(20)5-7-19-10-16-9-17-19/h1-3,9-10H,4-8,15H2. The van der Waals surface area contributed by atoms with Crippen LogP contribution in [0.2, 0.25) is 0 Å². The van der Waals surface area contributed by atoms with Crippen LogP contribution in [0.3, 0.4) is 0 Å². The van der Waals surface area contributed by atoms with E-state index in [1.807, 2.05) is 17.0 Å². The van der Waals surface area contributed by atoms with E-state index in [2.05, 4.69) is 16.1 Å². The van der Waals surface area contributed by atoms with Crippen molar-refractivity contribution in [2.45, 2.75) is 25.9 Å². The fraction of sp³-hybridized carbons (Fsp3) is 0.357. The van der Waals surface area contributed by atoms with Crippen molar-refractivity contribution in [3.05, 3.63) is 42.0 Å². The predicted molar refractivity (Wildman–Crippen MR) is 74.6 cm³/mol. The summed E-state index contributed by atoms with van der Waals surface area (Å²) >= 11 is 0. The van der Waals surface area contributed by atoms with E-state index in [-0.39, 0.29) is 5.91 Å². The monoisotopic (exact) mass is 271 g/mol. The summed E-state index contributed by atoms with van der Waals surface area (Å²) in [5, 5.41) is 4.00. The number of nitrogen functional groups attached to an aromatic ring is 1. The molecule has 0 radical (unpaired) electrons. The Morgan fingerprint density at radius 1 is 1.40 bits per heavy atom. The minimum Gasteiger partial charge on any atom is -0.398 e. The van der Waals surface area contributed by atoms with Gasteiger partial charge in [0.25, 0.3) is 0 Å². The minimum absolute atomic E-state index is 0.134. The van der Waals surface area contributed by atoms with Crippen molar-refractivity contribution in [3.63, 3.8) is 0 Å². The molecule has 0 bridgehead atoms. The van der Waals surface area contributed by atoms with Crippen LogP contribution in [-0.4, -0.2) is 32.1 Å². The molecular weight excluding hydrogens is 254 g/mol. The van der Waals surface area contributed by atoms with Crippen LogP contribution in [0.4, 0.5) is 5.69 Å². The Morgan fingerprint density at radius 2 is 2.30 bits per heavy atom. The van der Waals surface area contributed by atoms with E-state index in [4.69, 9.17) is 5.73 Å². The highest BCUT2D eigenvalue weighted by molar-refractivity contribution is 5.76.